The van der Waals surface area contributed by atoms with Gasteiger partial charge in [0.1, 0.15) is 0 Å². The summed E-state index contributed by atoms with van der Waals surface area (Å²) in [4.78, 5) is 8.88. The van der Waals surface area contributed by atoms with Gasteiger partial charge in [-0.25, -0.2) is 4.68 Å². The van der Waals surface area contributed by atoms with Crippen molar-refractivity contribution in [2.24, 2.45) is 0 Å². The van der Waals surface area contributed by atoms with Gasteiger partial charge in [-0.15, -0.1) is 0 Å². The molecule has 0 saturated carbocycles. The molecule has 6 heteroatoms. The first-order chi connectivity index (χ1) is 11.7. The van der Waals surface area contributed by atoms with E-state index in [0.717, 1.165) is 41.2 Å². The lowest BCUT2D eigenvalue weighted by Gasteiger charge is -2.04. The number of nitrogen functional groups attached to an aromatic ring is 1. The monoisotopic (exact) mass is 341 g/mol. The lowest BCUT2D eigenvalue weighted by molar-refractivity contribution is 0.848. The van der Waals surface area contributed by atoms with E-state index >= 15 is 0 Å². The van der Waals surface area contributed by atoms with E-state index in [9.17, 15) is 0 Å². The summed E-state index contributed by atoms with van der Waals surface area (Å²) >= 11 is 3.53. The molecule has 0 aliphatic rings. The Balaban J connectivity index is 0.00000100. The summed E-state index contributed by atoms with van der Waals surface area (Å²) in [6.07, 6.45) is 9.37. The largest absolute Gasteiger partial charge is 0.397 e. The Bertz CT molecular complexity index is 798. The molecule has 0 amide bonds. The van der Waals surface area contributed by atoms with Crippen molar-refractivity contribution in [3.63, 3.8) is 0 Å². The van der Waals surface area contributed by atoms with Crippen LogP contribution in [-0.2, 0) is 6.42 Å². The Hall–Kier alpha value is -2.34. The van der Waals surface area contributed by atoms with Crippen molar-refractivity contribution >= 4 is 18.3 Å². The van der Waals surface area contributed by atoms with Crippen LogP contribution >= 0.6 is 12.6 Å². The molecular weight excluding hydrogens is 318 g/mol. The van der Waals surface area contributed by atoms with Crippen LogP contribution in [0.15, 0.2) is 42.9 Å². The molecule has 0 spiro atoms. The number of aromatic nitrogens is 4. The average molecular weight is 341 g/mol. The molecular formula is C18H23N5S. The van der Waals surface area contributed by atoms with Gasteiger partial charge in [-0.3, -0.25) is 9.97 Å². The van der Waals surface area contributed by atoms with Gasteiger partial charge in [0.05, 0.1) is 29.0 Å². The van der Waals surface area contributed by atoms with Crippen LogP contribution in [0, 0.1) is 6.92 Å². The molecule has 0 atom stereocenters. The first kappa shape index (κ1) is 18.0. The minimum Gasteiger partial charge on any atom is -0.397 e. The van der Waals surface area contributed by atoms with Crippen molar-refractivity contribution in [3.05, 3.63) is 54.2 Å². The molecule has 3 aromatic heterocycles. The third-order valence-electron chi connectivity index (χ3n) is 3.58. The van der Waals surface area contributed by atoms with Crippen LogP contribution in [0.2, 0.25) is 0 Å². The summed E-state index contributed by atoms with van der Waals surface area (Å²) in [7, 11) is 0. The molecule has 0 saturated heterocycles. The number of hydrogen-bond acceptors (Lipinski definition) is 5. The van der Waals surface area contributed by atoms with Crippen LogP contribution in [0.5, 0.6) is 0 Å². The van der Waals surface area contributed by atoms with E-state index in [4.69, 9.17) is 5.73 Å². The predicted octanol–water partition coefficient (Wildman–Crippen LogP) is 3.72. The van der Waals surface area contributed by atoms with Crippen molar-refractivity contribution in [1.82, 2.24) is 19.7 Å². The first-order valence-corrected chi connectivity index (χ1v) is 8.75. The highest BCUT2D eigenvalue weighted by Gasteiger charge is 2.07. The third kappa shape index (κ3) is 4.14. The van der Waals surface area contributed by atoms with E-state index in [1.807, 2.05) is 48.4 Å². The minimum atomic E-state index is 0.703. The second-order valence-electron chi connectivity index (χ2n) is 5.30. The van der Waals surface area contributed by atoms with Crippen LogP contribution in [0.25, 0.3) is 16.9 Å². The summed E-state index contributed by atoms with van der Waals surface area (Å²) in [6, 6.07) is 7.82. The molecule has 24 heavy (non-hydrogen) atoms. The highest BCUT2D eigenvalue weighted by Crippen LogP contribution is 2.20. The molecule has 0 aliphatic heterocycles. The van der Waals surface area contributed by atoms with Crippen molar-refractivity contribution in [2.45, 2.75) is 26.7 Å². The lowest BCUT2D eigenvalue weighted by atomic mass is 10.2. The number of rotatable bonds is 4. The standard InChI is InChI=1S/C17H19N5.CH4S/c1-3-4-14-9-15(7-8-19-14)22-11-13(10-20-22)17-6-5-16(18)12(2)21-17;1-2/h5-11H,3-4,18H2,1-2H3;2H,1H3. The van der Waals surface area contributed by atoms with Gasteiger partial charge in [-0.1, -0.05) is 13.3 Å². The Morgan fingerprint density at radius 3 is 2.71 bits per heavy atom. The number of thiol groups is 1. The topological polar surface area (TPSA) is 69.6 Å². The number of nitrogens with zero attached hydrogens (tertiary/aromatic N) is 4. The minimum absolute atomic E-state index is 0.703. The molecule has 126 valence electrons. The number of aryl methyl sites for hydroxylation is 2. The van der Waals surface area contributed by atoms with Crippen molar-refractivity contribution < 1.29 is 0 Å². The maximum atomic E-state index is 5.82. The van der Waals surface area contributed by atoms with E-state index < -0.39 is 0 Å². The maximum absolute atomic E-state index is 5.82. The summed E-state index contributed by atoms with van der Waals surface area (Å²) in [5, 5.41) is 4.43. The van der Waals surface area contributed by atoms with Crippen LogP contribution < -0.4 is 5.73 Å². The van der Waals surface area contributed by atoms with Crippen LogP contribution in [0.4, 0.5) is 5.69 Å². The molecule has 3 heterocycles. The SMILES string of the molecule is CCCc1cc(-n2cc(-c3ccc(N)c(C)n3)cn2)ccn1.CS. The van der Waals surface area contributed by atoms with Gasteiger partial charge in [-0.2, -0.15) is 17.7 Å². The Morgan fingerprint density at radius 2 is 2.00 bits per heavy atom. The Morgan fingerprint density at radius 1 is 1.21 bits per heavy atom. The molecule has 0 unspecified atom stereocenters. The third-order valence-corrected chi connectivity index (χ3v) is 3.58. The second kappa shape index (κ2) is 8.49. The van der Waals surface area contributed by atoms with Crippen LogP contribution in [-0.4, -0.2) is 26.0 Å². The Kier molecular flexibility index (Phi) is 6.37. The van der Waals surface area contributed by atoms with Gasteiger partial charge >= 0.3 is 0 Å². The number of pyridine rings is 2. The normalized spacial score (nSPS) is 10.2. The highest BCUT2D eigenvalue weighted by atomic mass is 32.1. The van der Waals surface area contributed by atoms with Gasteiger partial charge < -0.3 is 5.73 Å². The molecule has 3 aromatic rings. The smallest absolute Gasteiger partial charge is 0.0738 e. The summed E-state index contributed by atoms with van der Waals surface area (Å²) in [5.74, 6) is 0. The number of nitrogens with two attached hydrogens (primary N) is 1. The molecule has 0 bridgehead atoms. The van der Waals surface area contributed by atoms with Gasteiger partial charge in [0.15, 0.2) is 0 Å². The maximum Gasteiger partial charge on any atom is 0.0738 e. The van der Waals surface area contributed by atoms with Crippen LogP contribution in [0.1, 0.15) is 24.7 Å². The highest BCUT2D eigenvalue weighted by molar-refractivity contribution is 7.79. The van der Waals surface area contributed by atoms with E-state index in [2.05, 4.69) is 40.7 Å². The number of anilines is 1. The molecule has 0 aliphatic carbocycles. The fourth-order valence-corrected chi connectivity index (χ4v) is 2.33. The van der Waals surface area contributed by atoms with E-state index in [0.29, 0.717) is 5.69 Å². The average Bonchev–Trinajstić information content (AvgIpc) is 3.10. The second-order valence-corrected chi connectivity index (χ2v) is 5.30. The van der Waals surface area contributed by atoms with E-state index in [1.165, 1.54) is 0 Å². The Labute approximate surface area is 148 Å². The lowest BCUT2D eigenvalue weighted by Crippen LogP contribution is -1.97. The summed E-state index contributed by atoms with van der Waals surface area (Å²) < 4.78 is 1.85. The van der Waals surface area contributed by atoms with Gasteiger partial charge in [-0.05, 0) is 43.9 Å². The first-order valence-electron chi connectivity index (χ1n) is 7.85. The van der Waals surface area contributed by atoms with Crippen molar-refractivity contribution in [3.8, 4) is 16.9 Å². The molecule has 0 fully saturated rings. The van der Waals surface area contributed by atoms with Gasteiger partial charge in [0, 0.05) is 23.7 Å². The fourth-order valence-electron chi connectivity index (χ4n) is 2.33. The fraction of sp³-hybridized carbons (Fsp3) is 0.278. The zero-order valence-corrected chi connectivity index (χ0v) is 15.2. The predicted molar refractivity (Wildman–Crippen MR) is 103 cm³/mol. The zero-order valence-electron chi connectivity index (χ0n) is 14.3. The quantitative estimate of drug-likeness (QED) is 0.710. The van der Waals surface area contributed by atoms with Gasteiger partial charge in [0.25, 0.3) is 0 Å². The van der Waals surface area contributed by atoms with Gasteiger partial charge in [0.2, 0.25) is 0 Å². The molecule has 0 aromatic carbocycles. The zero-order chi connectivity index (χ0) is 17.5. The molecule has 2 N–H and O–H groups in total. The number of hydrogen-bond donors (Lipinski definition) is 2. The van der Waals surface area contributed by atoms with Crippen molar-refractivity contribution in [2.75, 3.05) is 12.0 Å². The molecule has 5 nitrogen and oxygen atoms in total. The molecule has 0 radical (unpaired) electrons. The van der Waals surface area contributed by atoms with E-state index in [1.54, 1.807) is 6.26 Å². The molecule has 3 rings (SSSR count). The van der Waals surface area contributed by atoms with Crippen LogP contribution in [0.3, 0.4) is 0 Å². The van der Waals surface area contributed by atoms with E-state index in [-0.39, 0.29) is 0 Å². The van der Waals surface area contributed by atoms with Crippen molar-refractivity contribution in [1.29, 1.82) is 0 Å². The summed E-state index contributed by atoms with van der Waals surface area (Å²) in [6.45, 7) is 4.05. The summed E-state index contributed by atoms with van der Waals surface area (Å²) in [5.41, 5.74) is 11.3.